The van der Waals surface area contributed by atoms with Gasteiger partial charge in [-0.1, -0.05) is 0 Å². The third-order valence-electron chi connectivity index (χ3n) is 6.40. The van der Waals surface area contributed by atoms with Crippen molar-refractivity contribution >= 4 is 28.0 Å². The number of likely N-dealkylation sites (tertiary alicyclic amines) is 1. The number of carbonyl (C=O) groups is 1. The minimum Gasteiger partial charge on any atom is -0.385 e. The number of piperidine rings is 1. The fraction of sp³-hybridized carbons (Fsp3) is 0.560. The van der Waals surface area contributed by atoms with Gasteiger partial charge in [-0.05, 0) is 56.9 Å². The van der Waals surface area contributed by atoms with Gasteiger partial charge in [-0.25, -0.2) is 9.97 Å². The minimum atomic E-state index is -3.19. The molecule has 192 valence electrons. The van der Waals surface area contributed by atoms with Crippen LogP contribution in [0.5, 0.6) is 0 Å². The highest BCUT2D eigenvalue weighted by Gasteiger charge is 2.25. The first kappa shape index (κ1) is 25.7. The van der Waals surface area contributed by atoms with E-state index in [4.69, 9.17) is 14.7 Å². The zero-order chi connectivity index (χ0) is 24.8. The predicted octanol–water partition coefficient (Wildman–Crippen LogP) is 3.98. The number of anilines is 2. The van der Waals surface area contributed by atoms with Crippen LogP contribution in [0, 0.1) is 6.92 Å². The Labute approximate surface area is 209 Å². The zero-order valence-corrected chi connectivity index (χ0v) is 21.5. The second kappa shape index (κ2) is 11.6. The molecule has 2 aromatic rings. The number of hydrogen-bond acceptors (Lipinski definition) is 8. The highest BCUT2D eigenvalue weighted by Crippen LogP contribution is 2.43. The number of nitrogens with one attached hydrogen (secondary N) is 1. The summed E-state index contributed by atoms with van der Waals surface area (Å²) in [6, 6.07) is 7.85. The number of carbonyl (C=O) groups excluding carboxylic acids is 1. The van der Waals surface area contributed by atoms with E-state index in [0.717, 1.165) is 48.4 Å². The van der Waals surface area contributed by atoms with Gasteiger partial charge in [0.05, 0.1) is 24.7 Å². The van der Waals surface area contributed by atoms with Crippen LogP contribution in [0.2, 0.25) is 0 Å². The molecule has 0 unspecified atom stereocenters. The van der Waals surface area contributed by atoms with Crippen molar-refractivity contribution in [3.8, 4) is 11.4 Å². The van der Waals surface area contributed by atoms with E-state index in [-0.39, 0.29) is 17.4 Å². The van der Waals surface area contributed by atoms with Gasteiger partial charge in [0.2, 0.25) is 5.91 Å². The molecule has 2 aliphatic rings. The maximum atomic E-state index is 12.7. The lowest BCUT2D eigenvalue weighted by atomic mass is 10.1. The fourth-order valence-corrected chi connectivity index (χ4v) is 5.85. The zero-order valence-electron chi connectivity index (χ0n) is 20.7. The molecule has 2 saturated heterocycles. The Hall–Kier alpha value is -2.40. The van der Waals surface area contributed by atoms with Gasteiger partial charge in [-0.3, -0.25) is 13.9 Å². The molecule has 0 saturated carbocycles. The summed E-state index contributed by atoms with van der Waals surface area (Å²) in [6.45, 7) is 8.96. The molecule has 0 aliphatic carbocycles. The molecule has 0 atom stereocenters. The molecule has 0 spiro atoms. The largest absolute Gasteiger partial charge is 0.385 e. The lowest BCUT2D eigenvalue weighted by Crippen LogP contribution is -2.38. The summed E-state index contributed by atoms with van der Waals surface area (Å²) in [5.74, 6) is 0.734. The highest BCUT2D eigenvalue weighted by molar-refractivity contribution is 8.24. The van der Waals surface area contributed by atoms with Crippen molar-refractivity contribution in [3.63, 3.8) is 0 Å². The number of aryl methyl sites for hydroxylation is 1. The number of amides is 1. The minimum absolute atomic E-state index is 0.0755. The lowest BCUT2D eigenvalue weighted by Gasteiger charge is -2.35. The quantitative estimate of drug-likeness (QED) is 0.496. The molecule has 35 heavy (non-hydrogen) atoms. The number of nitrogens with zero attached hydrogens (tertiary/aromatic N) is 4. The number of rotatable bonds is 8. The molecule has 2 aliphatic heterocycles. The normalized spacial score (nSPS) is 17.4. The number of aromatic nitrogens is 2. The Balaban J connectivity index is 1.60. The Kier molecular flexibility index (Phi) is 8.48. The number of morpholine rings is 1. The summed E-state index contributed by atoms with van der Waals surface area (Å²) in [5.41, 5.74) is 3.53. The van der Waals surface area contributed by atoms with Crippen LogP contribution < -0.4 is 10.2 Å². The summed E-state index contributed by atoms with van der Waals surface area (Å²) in [7, 11) is -3.19. The van der Waals surface area contributed by atoms with Gasteiger partial charge >= 0.3 is 0 Å². The van der Waals surface area contributed by atoms with Gasteiger partial charge in [0.15, 0.2) is 5.82 Å². The first-order valence-corrected chi connectivity index (χ1v) is 14.3. The Morgan fingerprint density at radius 2 is 1.83 bits per heavy atom. The van der Waals surface area contributed by atoms with Gasteiger partial charge in [-0.15, -0.1) is 0 Å². The van der Waals surface area contributed by atoms with Gasteiger partial charge < -0.3 is 19.9 Å². The molecule has 10 heteroatoms. The van der Waals surface area contributed by atoms with Gasteiger partial charge in [0, 0.05) is 50.0 Å². The predicted molar refractivity (Wildman–Crippen MR) is 141 cm³/mol. The lowest BCUT2D eigenvalue weighted by molar-refractivity contribution is -0.129. The summed E-state index contributed by atoms with van der Waals surface area (Å²) < 4.78 is 27.2. The summed E-state index contributed by atoms with van der Waals surface area (Å²) in [5, 5.41) is 3.34. The third-order valence-corrected chi connectivity index (χ3v) is 7.86. The topological polar surface area (TPSA) is 111 Å². The molecular formula is C25H37N5O4S. The summed E-state index contributed by atoms with van der Waals surface area (Å²) >= 11 is 0. The average Bonchev–Trinajstić information content (AvgIpc) is 2.85. The maximum Gasteiger partial charge on any atom is 0.241 e. The Morgan fingerprint density at radius 3 is 2.51 bits per heavy atom. The van der Waals surface area contributed by atoms with Crippen LogP contribution in [0.4, 0.5) is 11.5 Å². The Bertz CT molecular complexity index is 1020. The van der Waals surface area contributed by atoms with Gasteiger partial charge in [0.1, 0.15) is 11.6 Å². The standard InChI is InChI=1S/C25H37N5O4S/c1-3-26-22-8-7-20(15-19(22)2)25-27-21(16-23(28-25)29-11-13-34-14-12-29)17-35(32,33)18-24(31)30-9-5-4-6-10-30/h7-8,15-16,26,32-33H,3-6,9-14,17-18H2,1-2H3. The van der Waals surface area contributed by atoms with Crippen LogP contribution >= 0.6 is 10.6 Å². The molecular weight excluding hydrogens is 466 g/mol. The summed E-state index contributed by atoms with van der Waals surface area (Å²) in [6.07, 6.45) is 3.05. The van der Waals surface area contributed by atoms with E-state index in [1.54, 1.807) is 4.90 Å². The van der Waals surface area contributed by atoms with Crippen LogP contribution in [0.3, 0.4) is 0 Å². The van der Waals surface area contributed by atoms with Crippen LogP contribution in [-0.4, -0.2) is 81.6 Å². The molecule has 1 aromatic heterocycles. The van der Waals surface area contributed by atoms with Crippen molar-refractivity contribution in [2.24, 2.45) is 0 Å². The number of hydrogen-bond donors (Lipinski definition) is 3. The van der Waals surface area contributed by atoms with Crippen molar-refractivity contribution in [1.82, 2.24) is 14.9 Å². The van der Waals surface area contributed by atoms with Crippen LogP contribution in [0.15, 0.2) is 24.3 Å². The second-order valence-corrected chi connectivity index (χ2v) is 11.4. The molecule has 9 nitrogen and oxygen atoms in total. The molecule has 4 rings (SSSR count). The van der Waals surface area contributed by atoms with Crippen LogP contribution in [-0.2, 0) is 15.3 Å². The number of ether oxygens (including phenoxy) is 1. The monoisotopic (exact) mass is 503 g/mol. The highest BCUT2D eigenvalue weighted by atomic mass is 32.3. The summed E-state index contributed by atoms with van der Waals surface area (Å²) in [4.78, 5) is 26.1. The first-order chi connectivity index (χ1) is 16.8. The molecule has 1 amide bonds. The smallest absolute Gasteiger partial charge is 0.241 e. The van der Waals surface area contributed by atoms with Crippen LogP contribution in [0.1, 0.15) is 37.4 Å². The SMILES string of the molecule is CCNc1ccc(-c2nc(CS(O)(O)CC(=O)N3CCCCC3)cc(N3CCOCC3)n2)cc1C. The van der Waals surface area contributed by atoms with Crippen molar-refractivity contribution in [3.05, 3.63) is 35.5 Å². The van der Waals surface area contributed by atoms with Gasteiger partial charge in [-0.2, -0.15) is 10.6 Å². The average molecular weight is 504 g/mol. The molecule has 0 bridgehead atoms. The van der Waals surface area contributed by atoms with Crippen molar-refractivity contribution in [2.75, 3.05) is 61.9 Å². The molecule has 0 radical (unpaired) electrons. The van der Waals surface area contributed by atoms with E-state index >= 15 is 0 Å². The second-order valence-electron chi connectivity index (χ2n) is 9.23. The van der Waals surface area contributed by atoms with E-state index in [9.17, 15) is 13.9 Å². The van der Waals surface area contributed by atoms with E-state index in [0.29, 0.717) is 50.9 Å². The maximum absolute atomic E-state index is 12.7. The van der Waals surface area contributed by atoms with E-state index < -0.39 is 10.6 Å². The van der Waals surface area contributed by atoms with Crippen LogP contribution in [0.25, 0.3) is 11.4 Å². The molecule has 1 aromatic carbocycles. The molecule has 2 fully saturated rings. The number of benzene rings is 1. The van der Waals surface area contributed by atoms with Gasteiger partial charge in [0.25, 0.3) is 0 Å². The first-order valence-electron chi connectivity index (χ1n) is 12.4. The third kappa shape index (κ3) is 6.84. The van der Waals surface area contributed by atoms with Crippen molar-refractivity contribution < 1.29 is 18.6 Å². The Morgan fingerprint density at radius 1 is 1.09 bits per heavy atom. The van der Waals surface area contributed by atoms with E-state index in [1.807, 2.05) is 31.2 Å². The fourth-order valence-electron chi connectivity index (χ4n) is 4.55. The van der Waals surface area contributed by atoms with E-state index in [2.05, 4.69) is 17.1 Å². The van der Waals surface area contributed by atoms with Crippen molar-refractivity contribution in [2.45, 2.75) is 38.9 Å². The van der Waals surface area contributed by atoms with Crippen molar-refractivity contribution in [1.29, 1.82) is 0 Å². The molecule has 3 heterocycles. The molecule has 3 N–H and O–H groups in total. The van der Waals surface area contributed by atoms with E-state index in [1.165, 1.54) is 0 Å².